The molecule has 0 aromatic carbocycles. The number of nitrogens with one attached hydrogen (secondary N) is 1. The van der Waals surface area contributed by atoms with Gasteiger partial charge in [0, 0.05) is 38.0 Å². The zero-order valence-electron chi connectivity index (χ0n) is 16.0. The van der Waals surface area contributed by atoms with Crippen molar-refractivity contribution in [3.8, 4) is 0 Å². The highest BCUT2D eigenvalue weighted by molar-refractivity contribution is 5.92. The van der Waals surface area contributed by atoms with Gasteiger partial charge in [-0.05, 0) is 37.8 Å². The number of piperazine rings is 1. The molecule has 0 spiro atoms. The number of hydrogen-bond acceptors (Lipinski definition) is 5. The molecule has 1 N–H and O–H groups in total. The molecule has 2 aliphatic carbocycles. The number of hydrogen-bond donors (Lipinski definition) is 1. The third-order valence-electron chi connectivity index (χ3n) is 6.14. The lowest BCUT2D eigenvalue weighted by Crippen LogP contribution is -2.50. The van der Waals surface area contributed by atoms with Crippen molar-refractivity contribution in [2.24, 2.45) is 11.8 Å². The zero-order valence-corrected chi connectivity index (χ0v) is 16.0. The molecule has 8 heteroatoms. The second-order valence-corrected chi connectivity index (χ2v) is 8.15. The van der Waals surface area contributed by atoms with E-state index in [1.165, 1.54) is 12.8 Å². The molecular formula is C20H26N6O2. The molecule has 8 nitrogen and oxygen atoms in total. The molecule has 148 valence electrons. The van der Waals surface area contributed by atoms with Gasteiger partial charge in [0.15, 0.2) is 5.65 Å². The number of pyridine rings is 1. The van der Waals surface area contributed by atoms with Crippen molar-refractivity contribution in [2.45, 2.75) is 38.5 Å². The summed E-state index contributed by atoms with van der Waals surface area (Å²) in [4.78, 5) is 33.4. The lowest BCUT2D eigenvalue weighted by atomic mass is 10.1. The largest absolute Gasteiger partial charge is 0.353 e. The van der Waals surface area contributed by atoms with E-state index in [9.17, 15) is 9.59 Å². The van der Waals surface area contributed by atoms with Crippen molar-refractivity contribution in [1.82, 2.24) is 19.5 Å². The Kier molecular flexibility index (Phi) is 4.41. The topological polar surface area (TPSA) is 82.8 Å². The fraction of sp³-hybridized carbons (Fsp3) is 0.600. The third kappa shape index (κ3) is 3.31. The number of fused-ring (bicyclic) bond motifs is 1. The summed E-state index contributed by atoms with van der Waals surface area (Å²) in [6.07, 6.45) is 6.37. The molecule has 1 saturated heterocycles. The first-order valence-electron chi connectivity index (χ1n) is 10.4. The van der Waals surface area contributed by atoms with Crippen LogP contribution in [0.2, 0.25) is 0 Å². The monoisotopic (exact) mass is 382 g/mol. The molecule has 2 aromatic rings. The van der Waals surface area contributed by atoms with Gasteiger partial charge in [0.1, 0.15) is 5.82 Å². The van der Waals surface area contributed by atoms with E-state index in [0.717, 1.165) is 57.7 Å². The summed E-state index contributed by atoms with van der Waals surface area (Å²) < 4.78 is 1.79. The van der Waals surface area contributed by atoms with Crippen LogP contribution in [0.15, 0.2) is 18.2 Å². The van der Waals surface area contributed by atoms with Gasteiger partial charge in [-0.1, -0.05) is 18.9 Å². The summed E-state index contributed by atoms with van der Waals surface area (Å²) in [5.41, 5.74) is 0.716. The number of anilines is 2. The molecular weight excluding hydrogens is 356 g/mol. The molecule has 0 radical (unpaired) electrons. The highest BCUT2D eigenvalue weighted by atomic mass is 16.2. The fourth-order valence-corrected chi connectivity index (χ4v) is 4.33. The molecule has 2 saturated carbocycles. The van der Waals surface area contributed by atoms with Crippen molar-refractivity contribution < 1.29 is 9.59 Å². The van der Waals surface area contributed by atoms with Gasteiger partial charge < -0.3 is 9.80 Å². The number of rotatable bonds is 4. The van der Waals surface area contributed by atoms with Gasteiger partial charge in [0.2, 0.25) is 17.8 Å². The molecule has 3 aliphatic rings. The molecule has 0 atom stereocenters. The fourth-order valence-electron chi connectivity index (χ4n) is 4.33. The summed E-state index contributed by atoms with van der Waals surface area (Å²) in [5.74, 6) is 2.02. The maximum Gasteiger partial charge on any atom is 0.249 e. The van der Waals surface area contributed by atoms with Crippen LogP contribution in [0.3, 0.4) is 0 Å². The normalized spacial score (nSPS) is 20.7. The van der Waals surface area contributed by atoms with Crippen molar-refractivity contribution >= 4 is 29.2 Å². The van der Waals surface area contributed by atoms with Crippen LogP contribution < -0.4 is 10.2 Å². The molecule has 3 heterocycles. The van der Waals surface area contributed by atoms with E-state index in [2.05, 4.69) is 20.3 Å². The maximum atomic E-state index is 12.7. The van der Waals surface area contributed by atoms with Crippen LogP contribution in [-0.2, 0) is 9.59 Å². The van der Waals surface area contributed by atoms with E-state index < -0.39 is 0 Å². The van der Waals surface area contributed by atoms with Gasteiger partial charge in [-0.25, -0.2) is 0 Å². The van der Waals surface area contributed by atoms with Gasteiger partial charge in [-0.2, -0.15) is 9.50 Å². The van der Waals surface area contributed by atoms with E-state index in [-0.39, 0.29) is 17.7 Å². The first kappa shape index (κ1) is 17.5. The van der Waals surface area contributed by atoms with E-state index in [0.29, 0.717) is 17.5 Å². The first-order valence-corrected chi connectivity index (χ1v) is 10.4. The minimum absolute atomic E-state index is 0.0106. The minimum atomic E-state index is 0.0106. The Morgan fingerprint density at radius 2 is 1.71 bits per heavy atom. The molecule has 1 aliphatic heterocycles. The zero-order chi connectivity index (χ0) is 19.1. The average Bonchev–Trinajstić information content (AvgIpc) is 3.27. The summed E-state index contributed by atoms with van der Waals surface area (Å²) in [5, 5.41) is 7.33. The van der Waals surface area contributed by atoms with Crippen molar-refractivity contribution in [2.75, 3.05) is 36.4 Å². The lowest BCUT2D eigenvalue weighted by molar-refractivity contribution is -0.135. The van der Waals surface area contributed by atoms with Gasteiger partial charge in [-0.15, -0.1) is 5.10 Å². The Morgan fingerprint density at radius 3 is 2.43 bits per heavy atom. The van der Waals surface area contributed by atoms with Gasteiger partial charge in [0.25, 0.3) is 0 Å². The van der Waals surface area contributed by atoms with Crippen molar-refractivity contribution in [3.63, 3.8) is 0 Å². The average molecular weight is 382 g/mol. The van der Waals surface area contributed by atoms with Crippen LogP contribution in [0.1, 0.15) is 38.5 Å². The SMILES string of the molecule is O=C(Nc1nc2cccc(N3CCN(C(=O)C4CCCC4)CC3)n2n1)C1CC1. The highest BCUT2D eigenvalue weighted by Crippen LogP contribution is 2.30. The minimum Gasteiger partial charge on any atom is -0.353 e. The standard InChI is InChI=1S/C20H26N6O2/c27-18(14-8-9-14)22-20-21-16-6-3-7-17(26(16)23-20)24-10-12-25(13-11-24)19(28)15-4-1-2-5-15/h3,6-7,14-15H,1-2,4-5,8-13H2,(H,22,23,27). The second-order valence-electron chi connectivity index (χ2n) is 8.15. The van der Waals surface area contributed by atoms with Gasteiger partial charge in [-0.3, -0.25) is 14.9 Å². The van der Waals surface area contributed by atoms with Crippen LogP contribution in [0.5, 0.6) is 0 Å². The van der Waals surface area contributed by atoms with Crippen molar-refractivity contribution in [1.29, 1.82) is 0 Å². The molecule has 3 fully saturated rings. The Morgan fingerprint density at radius 1 is 0.964 bits per heavy atom. The Hall–Kier alpha value is -2.64. The predicted octanol–water partition coefficient (Wildman–Crippen LogP) is 1.92. The molecule has 2 amide bonds. The van der Waals surface area contributed by atoms with Crippen molar-refractivity contribution in [3.05, 3.63) is 18.2 Å². The number of carbonyl (C=O) groups excluding carboxylic acids is 2. The van der Waals surface area contributed by atoms with Crippen LogP contribution >= 0.6 is 0 Å². The smallest absolute Gasteiger partial charge is 0.249 e. The van der Waals surface area contributed by atoms with E-state index in [1.54, 1.807) is 4.52 Å². The third-order valence-corrected chi connectivity index (χ3v) is 6.14. The number of amides is 2. The number of carbonyl (C=O) groups is 2. The van der Waals surface area contributed by atoms with E-state index in [4.69, 9.17) is 0 Å². The van der Waals surface area contributed by atoms with Crippen LogP contribution in [-0.4, -0.2) is 57.5 Å². The number of nitrogens with zero attached hydrogens (tertiary/aromatic N) is 5. The Labute approximate surface area is 163 Å². The summed E-state index contributed by atoms with van der Waals surface area (Å²) >= 11 is 0. The Balaban J connectivity index is 1.29. The molecule has 2 aromatic heterocycles. The van der Waals surface area contributed by atoms with E-state index in [1.807, 2.05) is 23.1 Å². The van der Waals surface area contributed by atoms with Gasteiger partial charge >= 0.3 is 0 Å². The summed E-state index contributed by atoms with van der Waals surface area (Å²) in [6.45, 7) is 3.04. The molecule has 5 rings (SSSR count). The van der Waals surface area contributed by atoms with Crippen LogP contribution in [0.4, 0.5) is 11.8 Å². The predicted molar refractivity (Wildman–Crippen MR) is 105 cm³/mol. The quantitative estimate of drug-likeness (QED) is 0.874. The summed E-state index contributed by atoms with van der Waals surface area (Å²) in [7, 11) is 0. The first-order chi connectivity index (χ1) is 13.7. The molecule has 0 bridgehead atoms. The molecule has 0 unspecified atom stereocenters. The van der Waals surface area contributed by atoms with Crippen LogP contribution in [0.25, 0.3) is 5.65 Å². The van der Waals surface area contributed by atoms with Crippen LogP contribution in [0, 0.1) is 11.8 Å². The second kappa shape index (κ2) is 7.07. The maximum absolute atomic E-state index is 12.7. The summed E-state index contributed by atoms with van der Waals surface area (Å²) in [6, 6.07) is 5.87. The van der Waals surface area contributed by atoms with Gasteiger partial charge in [0.05, 0.1) is 0 Å². The Bertz CT molecular complexity index is 891. The number of aromatic nitrogens is 3. The van der Waals surface area contributed by atoms with E-state index >= 15 is 0 Å². The lowest BCUT2D eigenvalue weighted by Gasteiger charge is -2.37. The molecule has 28 heavy (non-hydrogen) atoms. The highest BCUT2D eigenvalue weighted by Gasteiger charge is 2.31.